The van der Waals surface area contributed by atoms with Crippen molar-refractivity contribution in [2.45, 2.75) is 6.92 Å². The number of rotatable bonds is 6. The lowest BCUT2D eigenvalue weighted by molar-refractivity contribution is -0.141. The van der Waals surface area contributed by atoms with Gasteiger partial charge in [-0.25, -0.2) is 15.0 Å². The Kier molecular flexibility index (Phi) is 5.50. The molecule has 3 heterocycles. The van der Waals surface area contributed by atoms with Crippen molar-refractivity contribution < 1.29 is 9.53 Å². The number of nitrogens with one attached hydrogen (secondary N) is 1. The minimum absolute atomic E-state index is 0.0382. The Balaban J connectivity index is 1.93. The van der Waals surface area contributed by atoms with Crippen LogP contribution < -0.4 is 10.6 Å². The minimum Gasteiger partial charge on any atom is -0.465 e. The maximum Gasteiger partial charge on any atom is 0.325 e. The van der Waals surface area contributed by atoms with E-state index in [0.717, 1.165) is 5.56 Å². The van der Waals surface area contributed by atoms with Crippen LogP contribution in [0.4, 0.5) is 11.8 Å². The van der Waals surface area contributed by atoms with Crippen LogP contribution in [0.2, 0.25) is 0 Å². The summed E-state index contributed by atoms with van der Waals surface area (Å²) < 4.78 is 4.92. The summed E-state index contributed by atoms with van der Waals surface area (Å²) in [4.78, 5) is 29.1. The molecular weight excluding hydrogens is 358 g/mol. The standard InChI is InChI=1S/C19H19N7O2/c1-3-28-17(27)11-26(2)19-23-9-13(10-24-19)14-6-16(12-4-5-22-8-12)25-18(21)15(14)7-20/h4-6,8-10,22H,3,11H2,1-2H3,(H2,21,25). The number of carbonyl (C=O) groups excluding carboxylic acids is 1. The molecule has 0 fully saturated rings. The minimum atomic E-state index is -0.359. The first-order chi connectivity index (χ1) is 13.5. The number of pyridine rings is 1. The Morgan fingerprint density at radius 1 is 1.36 bits per heavy atom. The molecule has 0 spiro atoms. The number of anilines is 2. The highest BCUT2D eigenvalue weighted by atomic mass is 16.5. The first-order valence-electron chi connectivity index (χ1n) is 8.56. The van der Waals surface area contributed by atoms with Crippen molar-refractivity contribution in [3.05, 3.63) is 42.5 Å². The van der Waals surface area contributed by atoms with Crippen LogP contribution in [-0.4, -0.2) is 46.1 Å². The average molecular weight is 377 g/mol. The average Bonchev–Trinajstić information content (AvgIpc) is 3.22. The third-order valence-corrected chi connectivity index (χ3v) is 4.02. The number of esters is 1. The van der Waals surface area contributed by atoms with E-state index >= 15 is 0 Å². The van der Waals surface area contributed by atoms with Crippen LogP contribution in [0, 0.1) is 11.3 Å². The normalized spacial score (nSPS) is 10.3. The first-order valence-corrected chi connectivity index (χ1v) is 8.56. The summed E-state index contributed by atoms with van der Waals surface area (Å²) in [7, 11) is 1.70. The van der Waals surface area contributed by atoms with Gasteiger partial charge in [-0.1, -0.05) is 0 Å². The number of nitriles is 1. The van der Waals surface area contributed by atoms with Gasteiger partial charge in [0, 0.05) is 48.5 Å². The predicted octanol–water partition coefficient (Wildman–Crippen LogP) is 1.99. The van der Waals surface area contributed by atoms with Crippen molar-refractivity contribution in [1.29, 1.82) is 5.26 Å². The Hall–Kier alpha value is -3.93. The van der Waals surface area contributed by atoms with E-state index in [1.807, 2.05) is 6.07 Å². The first kappa shape index (κ1) is 18.8. The van der Waals surface area contributed by atoms with Crippen LogP contribution in [0.5, 0.6) is 0 Å². The summed E-state index contributed by atoms with van der Waals surface area (Å²) in [5.74, 6) is 0.144. The van der Waals surface area contributed by atoms with E-state index in [4.69, 9.17) is 10.5 Å². The van der Waals surface area contributed by atoms with E-state index < -0.39 is 0 Å². The Morgan fingerprint density at radius 3 is 2.71 bits per heavy atom. The molecule has 0 radical (unpaired) electrons. The summed E-state index contributed by atoms with van der Waals surface area (Å²) in [5, 5.41) is 9.50. The SMILES string of the molecule is CCOC(=O)CN(C)c1ncc(-c2cc(-c3cc[nH]c3)nc(N)c2C#N)cn1. The molecule has 0 amide bonds. The fraction of sp³-hybridized carbons (Fsp3) is 0.211. The van der Waals surface area contributed by atoms with Gasteiger partial charge in [-0.05, 0) is 19.1 Å². The molecule has 0 saturated heterocycles. The van der Waals surface area contributed by atoms with Gasteiger partial charge in [0.1, 0.15) is 24.0 Å². The summed E-state index contributed by atoms with van der Waals surface area (Å²) in [6.07, 6.45) is 6.74. The summed E-state index contributed by atoms with van der Waals surface area (Å²) in [6, 6.07) is 5.73. The zero-order valence-corrected chi connectivity index (χ0v) is 15.5. The molecule has 3 aromatic rings. The van der Waals surface area contributed by atoms with Crippen molar-refractivity contribution in [2.24, 2.45) is 0 Å². The molecule has 3 rings (SSSR count). The largest absolute Gasteiger partial charge is 0.465 e. The fourth-order valence-corrected chi connectivity index (χ4v) is 2.67. The van der Waals surface area contributed by atoms with Crippen LogP contribution in [0.25, 0.3) is 22.4 Å². The highest BCUT2D eigenvalue weighted by molar-refractivity contribution is 5.79. The molecule has 0 atom stereocenters. The van der Waals surface area contributed by atoms with Crippen LogP contribution in [0.3, 0.4) is 0 Å². The van der Waals surface area contributed by atoms with E-state index in [2.05, 4.69) is 26.0 Å². The molecule has 28 heavy (non-hydrogen) atoms. The van der Waals surface area contributed by atoms with E-state index in [0.29, 0.717) is 29.4 Å². The molecule has 0 aliphatic carbocycles. The number of aromatic amines is 1. The monoisotopic (exact) mass is 377 g/mol. The van der Waals surface area contributed by atoms with Gasteiger partial charge in [0.25, 0.3) is 0 Å². The number of nitrogens with zero attached hydrogens (tertiary/aromatic N) is 5. The highest BCUT2D eigenvalue weighted by Crippen LogP contribution is 2.30. The number of hydrogen-bond donors (Lipinski definition) is 2. The molecule has 0 unspecified atom stereocenters. The lowest BCUT2D eigenvalue weighted by Crippen LogP contribution is -2.28. The van der Waals surface area contributed by atoms with E-state index in [1.54, 1.807) is 49.7 Å². The highest BCUT2D eigenvalue weighted by Gasteiger charge is 2.16. The van der Waals surface area contributed by atoms with Gasteiger partial charge >= 0.3 is 5.97 Å². The summed E-state index contributed by atoms with van der Waals surface area (Å²) in [5.41, 5.74) is 8.95. The van der Waals surface area contributed by atoms with E-state index in [9.17, 15) is 10.1 Å². The zero-order valence-electron chi connectivity index (χ0n) is 15.5. The van der Waals surface area contributed by atoms with E-state index in [-0.39, 0.29) is 23.9 Å². The number of likely N-dealkylation sites (N-methyl/N-ethyl adjacent to an activating group) is 1. The van der Waals surface area contributed by atoms with Crippen LogP contribution in [0.15, 0.2) is 36.9 Å². The number of aromatic nitrogens is 4. The van der Waals surface area contributed by atoms with Crippen molar-refractivity contribution in [3.8, 4) is 28.5 Å². The second kappa shape index (κ2) is 8.18. The van der Waals surface area contributed by atoms with Gasteiger partial charge in [0.05, 0.1) is 12.3 Å². The molecule has 142 valence electrons. The number of hydrogen-bond acceptors (Lipinski definition) is 8. The van der Waals surface area contributed by atoms with Crippen LogP contribution in [-0.2, 0) is 9.53 Å². The lowest BCUT2D eigenvalue weighted by atomic mass is 10.0. The molecule has 0 aromatic carbocycles. The van der Waals surface area contributed by atoms with Gasteiger partial charge in [-0.3, -0.25) is 4.79 Å². The Morgan fingerprint density at radius 2 is 2.11 bits per heavy atom. The smallest absolute Gasteiger partial charge is 0.325 e. The molecule has 0 aliphatic heterocycles. The summed E-state index contributed by atoms with van der Waals surface area (Å²) >= 11 is 0. The van der Waals surface area contributed by atoms with Crippen molar-refractivity contribution in [1.82, 2.24) is 19.9 Å². The number of H-pyrrole nitrogens is 1. The summed E-state index contributed by atoms with van der Waals surface area (Å²) in [6.45, 7) is 2.10. The second-order valence-corrected chi connectivity index (χ2v) is 5.96. The fourth-order valence-electron chi connectivity index (χ4n) is 2.67. The number of carbonyl (C=O) groups is 1. The van der Waals surface area contributed by atoms with Gasteiger partial charge in [0.15, 0.2) is 0 Å². The van der Waals surface area contributed by atoms with Gasteiger partial charge < -0.3 is 20.4 Å². The van der Waals surface area contributed by atoms with Gasteiger partial charge in [0.2, 0.25) is 5.95 Å². The Labute approximate surface area is 161 Å². The van der Waals surface area contributed by atoms with E-state index in [1.165, 1.54) is 0 Å². The molecule has 0 bridgehead atoms. The Bertz CT molecular complexity index is 1010. The van der Waals surface area contributed by atoms with Crippen molar-refractivity contribution in [2.75, 3.05) is 30.8 Å². The number of ether oxygens (including phenoxy) is 1. The predicted molar refractivity (Wildman–Crippen MR) is 104 cm³/mol. The molecule has 3 N–H and O–H groups in total. The lowest BCUT2D eigenvalue weighted by Gasteiger charge is -2.16. The molecule has 9 nitrogen and oxygen atoms in total. The molecule has 0 saturated carbocycles. The molecular formula is C19H19N7O2. The maximum atomic E-state index is 11.6. The second-order valence-electron chi connectivity index (χ2n) is 5.96. The zero-order chi connectivity index (χ0) is 20.1. The van der Waals surface area contributed by atoms with Gasteiger partial charge in [-0.2, -0.15) is 5.26 Å². The quantitative estimate of drug-likeness (QED) is 0.623. The van der Waals surface area contributed by atoms with Crippen LogP contribution in [0.1, 0.15) is 12.5 Å². The molecule has 0 aliphatic rings. The van der Waals surface area contributed by atoms with Gasteiger partial charge in [-0.15, -0.1) is 0 Å². The topological polar surface area (TPSA) is 134 Å². The van der Waals surface area contributed by atoms with Crippen molar-refractivity contribution in [3.63, 3.8) is 0 Å². The molecule has 9 heteroatoms. The third kappa shape index (κ3) is 3.91. The number of nitrogens with two attached hydrogens (primary N) is 1. The third-order valence-electron chi connectivity index (χ3n) is 4.02. The number of nitrogen functional groups attached to an aromatic ring is 1. The van der Waals surface area contributed by atoms with Crippen molar-refractivity contribution >= 4 is 17.7 Å². The molecule has 3 aromatic heterocycles. The maximum absolute atomic E-state index is 11.6. The van der Waals surface area contributed by atoms with Crippen LogP contribution >= 0.6 is 0 Å².